The molecular weight excluding hydrogens is 260 g/mol. The number of aromatic hydroxyl groups is 2. The van der Waals surface area contributed by atoms with Gasteiger partial charge in [-0.05, 0) is 62.1 Å². The van der Waals surface area contributed by atoms with Crippen LogP contribution in [0.2, 0.25) is 0 Å². The molecule has 0 saturated heterocycles. The Morgan fingerprint density at radius 3 is 1.24 bits per heavy atom. The molecule has 2 aromatic carbocycles. The van der Waals surface area contributed by atoms with Crippen molar-refractivity contribution in [1.29, 1.82) is 0 Å². The van der Waals surface area contributed by atoms with E-state index in [0.29, 0.717) is 11.1 Å². The molecule has 0 heterocycles. The molecule has 0 atom stereocenters. The van der Waals surface area contributed by atoms with Crippen LogP contribution < -0.4 is 0 Å². The average Bonchev–Trinajstić information content (AvgIpc) is 2.39. The summed E-state index contributed by atoms with van der Waals surface area (Å²) in [6.07, 6.45) is 1.25. The average molecular weight is 286 g/mol. The third kappa shape index (κ3) is 4.01. The maximum absolute atomic E-state index is 10.2. The smallest absolute Gasteiger partial charge is 0.126 e. The van der Waals surface area contributed by atoms with E-state index in [9.17, 15) is 10.2 Å². The zero-order valence-electron chi connectivity index (χ0n) is 13.9. The van der Waals surface area contributed by atoms with Gasteiger partial charge in [-0.3, -0.25) is 0 Å². The van der Waals surface area contributed by atoms with Gasteiger partial charge in [-0.2, -0.15) is 0 Å². The summed E-state index contributed by atoms with van der Waals surface area (Å²) in [6, 6.07) is 7.66. The highest BCUT2D eigenvalue weighted by atomic mass is 16.3. The summed E-state index contributed by atoms with van der Waals surface area (Å²) in [7, 11) is 0. The lowest BCUT2D eigenvalue weighted by Gasteiger charge is -2.13. The van der Waals surface area contributed by atoms with Crippen molar-refractivity contribution in [3.8, 4) is 22.6 Å². The molecule has 0 aromatic heterocycles. The first kappa shape index (κ1) is 17.1. The molecule has 2 rings (SSSR count). The quantitative estimate of drug-likeness (QED) is 0.735. The molecule has 21 heavy (non-hydrogen) atoms. The summed E-state index contributed by atoms with van der Waals surface area (Å²) < 4.78 is 0. The van der Waals surface area contributed by atoms with Crippen molar-refractivity contribution in [3.63, 3.8) is 0 Å². The summed E-state index contributed by atoms with van der Waals surface area (Å²) in [5, 5.41) is 20.3. The van der Waals surface area contributed by atoms with Crippen molar-refractivity contribution in [3.05, 3.63) is 46.5 Å². The molecule has 114 valence electrons. The fourth-order valence-corrected chi connectivity index (χ4v) is 2.33. The Morgan fingerprint density at radius 2 is 0.952 bits per heavy atom. The second-order valence-electron chi connectivity index (χ2n) is 5.66. The lowest BCUT2D eigenvalue weighted by molar-refractivity contribution is 0.465. The molecule has 0 aliphatic heterocycles. The van der Waals surface area contributed by atoms with Gasteiger partial charge in [0, 0.05) is 11.1 Å². The normalized spacial score (nSPS) is 10.0. The number of benzene rings is 2. The van der Waals surface area contributed by atoms with E-state index < -0.39 is 0 Å². The summed E-state index contributed by atoms with van der Waals surface area (Å²) >= 11 is 0. The van der Waals surface area contributed by atoms with Crippen molar-refractivity contribution in [2.75, 3.05) is 0 Å². The Labute approximate surface area is 128 Å². The van der Waals surface area contributed by atoms with E-state index in [-0.39, 0.29) is 11.5 Å². The van der Waals surface area contributed by atoms with Gasteiger partial charge in [0.05, 0.1) is 0 Å². The Bertz CT molecular complexity index is 572. The molecule has 0 saturated carbocycles. The topological polar surface area (TPSA) is 40.5 Å². The van der Waals surface area contributed by atoms with Gasteiger partial charge in [0.2, 0.25) is 0 Å². The van der Waals surface area contributed by atoms with Gasteiger partial charge >= 0.3 is 0 Å². The third-order valence-corrected chi connectivity index (χ3v) is 3.18. The number of hydrogen-bond acceptors (Lipinski definition) is 2. The molecule has 2 nitrogen and oxygen atoms in total. The first-order valence-corrected chi connectivity index (χ1v) is 7.42. The largest absolute Gasteiger partial charge is 0.507 e. The number of aryl methyl sites for hydroxylation is 4. The van der Waals surface area contributed by atoms with Crippen LogP contribution in [-0.4, -0.2) is 10.2 Å². The van der Waals surface area contributed by atoms with Crippen LogP contribution >= 0.6 is 0 Å². The molecule has 0 bridgehead atoms. The molecule has 0 unspecified atom stereocenters. The van der Waals surface area contributed by atoms with Gasteiger partial charge in [0.15, 0.2) is 0 Å². The standard InChI is InChI=1S/C16H18O2.C3H8/c1-9-5-11(3)15(17)13(7-9)14-8-10(2)6-12(4)16(14)18;1-3-2/h5-8,17-18H,1-4H3;3H2,1-2H3. The van der Waals surface area contributed by atoms with Gasteiger partial charge in [0.1, 0.15) is 11.5 Å². The van der Waals surface area contributed by atoms with Crippen LogP contribution in [-0.2, 0) is 0 Å². The number of hydrogen-bond donors (Lipinski definition) is 2. The van der Waals surface area contributed by atoms with Crippen LogP contribution in [0.4, 0.5) is 0 Å². The molecular formula is C19H26O2. The van der Waals surface area contributed by atoms with Crippen molar-refractivity contribution in [2.45, 2.75) is 48.0 Å². The van der Waals surface area contributed by atoms with E-state index in [1.165, 1.54) is 6.42 Å². The second kappa shape index (κ2) is 7.16. The first-order valence-electron chi connectivity index (χ1n) is 7.42. The highest BCUT2D eigenvalue weighted by molar-refractivity contribution is 5.78. The minimum Gasteiger partial charge on any atom is -0.507 e. The Balaban J connectivity index is 0.000000677. The third-order valence-electron chi connectivity index (χ3n) is 3.18. The maximum atomic E-state index is 10.2. The predicted molar refractivity (Wildman–Crippen MR) is 90.1 cm³/mol. The van der Waals surface area contributed by atoms with Gasteiger partial charge in [-0.25, -0.2) is 0 Å². The highest BCUT2D eigenvalue weighted by Crippen LogP contribution is 2.39. The summed E-state index contributed by atoms with van der Waals surface area (Å²) in [5.74, 6) is 0.474. The van der Waals surface area contributed by atoms with Crippen LogP contribution in [0.5, 0.6) is 11.5 Å². The molecule has 2 aromatic rings. The van der Waals surface area contributed by atoms with Crippen molar-refractivity contribution < 1.29 is 10.2 Å². The van der Waals surface area contributed by atoms with Crippen LogP contribution in [0.15, 0.2) is 24.3 Å². The maximum Gasteiger partial charge on any atom is 0.126 e. The van der Waals surface area contributed by atoms with Crippen LogP contribution in [0.1, 0.15) is 42.5 Å². The fourth-order valence-electron chi connectivity index (χ4n) is 2.33. The Morgan fingerprint density at radius 1 is 0.667 bits per heavy atom. The van der Waals surface area contributed by atoms with Gasteiger partial charge in [-0.1, -0.05) is 32.4 Å². The SMILES string of the molecule is CCC.Cc1cc(C)c(O)c(-c2cc(C)cc(C)c2O)c1. The minimum absolute atomic E-state index is 0.237. The minimum atomic E-state index is 0.237. The molecule has 0 amide bonds. The van der Waals surface area contributed by atoms with Gasteiger partial charge in [-0.15, -0.1) is 0 Å². The molecule has 0 aliphatic carbocycles. The zero-order valence-corrected chi connectivity index (χ0v) is 13.9. The lowest BCUT2D eigenvalue weighted by atomic mass is 9.95. The summed E-state index contributed by atoms with van der Waals surface area (Å²) in [4.78, 5) is 0. The number of rotatable bonds is 1. The summed E-state index contributed by atoms with van der Waals surface area (Å²) in [5.41, 5.74) is 5.17. The van der Waals surface area contributed by atoms with Crippen molar-refractivity contribution >= 4 is 0 Å². The van der Waals surface area contributed by atoms with Crippen LogP contribution in [0, 0.1) is 27.7 Å². The van der Waals surface area contributed by atoms with E-state index in [1.54, 1.807) is 0 Å². The van der Waals surface area contributed by atoms with E-state index in [4.69, 9.17) is 0 Å². The van der Waals surface area contributed by atoms with E-state index in [2.05, 4.69) is 13.8 Å². The lowest BCUT2D eigenvalue weighted by Crippen LogP contribution is -1.89. The van der Waals surface area contributed by atoms with Gasteiger partial charge < -0.3 is 10.2 Å². The fraction of sp³-hybridized carbons (Fsp3) is 0.368. The van der Waals surface area contributed by atoms with Crippen molar-refractivity contribution in [1.82, 2.24) is 0 Å². The van der Waals surface area contributed by atoms with E-state index in [0.717, 1.165) is 22.3 Å². The second-order valence-corrected chi connectivity index (χ2v) is 5.66. The van der Waals surface area contributed by atoms with E-state index >= 15 is 0 Å². The molecule has 0 aliphatic rings. The highest BCUT2D eigenvalue weighted by Gasteiger charge is 2.13. The van der Waals surface area contributed by atoms with Gasteiger partial charge in [0.25, 0.3) is 0 Å². The van der Waals surface area contributed by atoms with Crippen molar-refractivity contribution in [2.24, 2.45) is 0 Å². The molecule has 2 N–H and O–H groups in total. The summed E-state index contributed by atoms with van der Waals surface area (Å²) in [6.45, 7) is 11.9. The van der Waals surface area contributed by atoms with E-state index in [1.807, 2.05) is 52.0 Å². The Hall–Kier alpha value is -1.96. The zero-order chi connectivity index (χ0) is 16.2. The van der Waals surface area contributed by atoms with Crippen LogP contribution in [0.25, 0.3) is 11.1 Å². The first-order chi connectivity index (χ1) is 9.81. The molecule has 0 fully saturated rings. The monoisotopic (exact) mass is 286 g/mol. The molecule has 0 radical (unpaired) electrons. The predicted octanol–water partition coefficient (Wildman–Crippen LogP) is 5.41. The van der Waals surface area contributed by atoms with Crippen LogP contribution in [0.3, 0.4) is 0 Å². The Kier molecular flexibility index (Phi) is 5.83. The molecule has 0 spiro atoms. The number of phenolic OH excluding ortho intramolecular Hbond substituents is 2. The molecule has 2 heteroatoms. The number of phenols is 2.